The Balaban J connectivity index is 1.41. The summed E-state index contributed by atoms with van der Waals surface area (Å²) in [5, 5.41) is 12.6. The van der Waals surface area contributed by atoms with Crippen molar-refractivity contribution in [2.45, 2.75) is 68.7 Å². The smallest absolute Gasteiger partial charge is 0.246 e. The van der Waals surface area contributed by atoms with E-state index < -0.39 is 11.0 Å². The van der Waals surface area contributed by atoms with E-state index in [1.54, 1.807) is 6.08 Å². The lowest BCUT2D eigenvalue weighted by Gasteiger charge is -2.64. The molecular formula is C32H38N2O3. The van der Waals surface area contributed by atoms with E-state index in [2.05, 4.69) is 43.5 Å². The van der Waals surface area contributed by atoms with Crippen molar-refractivity contribution in [3.8, 4) is 5.75 Å². The molecule has 2 aromatic carbocycles. The fourth-order valence-electron chi connectivity index (χ4n) is 7.89. The number of benzene rings is 2. The Morgan fingerprint density at radius 3 is 2.78 bits per heavy atom. The van der Waals surface area contributed by atoms with Crippen LogP contribution in [0.5, 0.6) is 5.75 Å². The van der Waals surface area contributed by atoms with Crippen molar-refractivity contribution in [3.05, 3.63) is 84.0 Å². The van der Waals surface area contributed by atoms with Gasteiger partial charge in [0.25, 0.3) is 0 Å². The van der Waals surface area contributed by atoms with Gasteiger partial charge in [-0.15, -0.1) is 6.58 Å². The molecule has 194 valence electrons. The van der Waals surface area contributed by atoms with Gasteiger partial charge in [-0.3, -0.25) is 9.69 Å². The number of amides is 1. The van der Waals surface area contributed by atoms with Crippen LogP contribution in [0.15, 0.2) is 67.3 Å². The minimum Gasteiger partial charge on any atom is -0.487 e. The minimum absolute atomic E-state index is 0.0145. The Morgan fingerprint density at radius 2 is 2.03 bits per heavy atom. The van der Waals surface area contributed by atoms with Gasteiger partial charge < -0.3 is 14.7 Å². The Morgan fingerprint density at radius 1 is 1.22 bits per heavy atom. The molecule has 2 aromatic rings. The minimum atomic E-state index is -0.887. The van der Waals surface area contributed by atoms with Crippen molar-refractivity contribution in [2.75, 3.05) is 19.6 Å². The van der Waals surface area contributed by atoms with Crippen LogP contribution in [0.25, 0.3) is 6.08 Å². The molecule has 2 heterocycles. The van der Waals surface area contributed by atoms with Crippen LogP contribution in [-0.4, -0.2) is 64.2 Å². The number of ether oxygens (including phenoxy) is 1. The zero-order chi connectivity index (χ0) is 25.8. The predicted octanol–water partition coefficient (Wildman–Crippen LogP) is 4.59. The number of aliphatic hydroxyl groups is 1. The van der Waals surface area contributed by atoms with Gasteiger partial charge in [0.15, 0.2) is 0 Å². The SMILES string of the molecule is C=CCN1CC[C@]23c4c5cccc4O[C@H]2[C@@H](N(CC(C)C)C(=O)C=Cc2ccccc2)CC[C@@]3(O)[C@H]1C5. The van der Waals surface area contributed by atoms with E-state index in [9.17, 15) is 9.90 Å². The first-order valence-electron chi connectivity index (χ1n) is 13.8. The van der Waals surface area contributed by atoms with Gasteiger partial charge in [0.05, 0.1) is 17.1 Å². The van der Waals surface area contributed by atoms with Gasteiger partial charge >= 0.3 is 0 Å². The van der Waals surface area contributed by atoms with Crippen molar-refractivity contribution < 1.29 is 14.6 Å². The van der Waals surface area contributed by atoms with Crippen LogP contribution in [0.3, 0.4) is 0 Å². The van der Waals surface area contributed by atoms with Gasteiger partial charge in [0.1, 0.15) is 11.9 Å². The number of hydrogen-bond donors (Lipinski definition) is 1. The molecule has 2 aliphatic carbocycles. The molecule has 5 atom stereocenters. The van der Waals surface area contributed by atoms with E-state index in [-0.39, 0.29) is 24.1 Å². The molecule has 4 aliphatic rings. The molecule has 1 spiro atoms. The molecule has 5 nitrogen and oxygen atoms in total. The summed E-state index contributed by atoms with van der Waals surface area (Å²) in [6.07, 6.45) is 8.33. The molecule has 1 saturated heterocycles. The maximum atomic E-state index is 13.8. The number of nitrogens with zero attached hydrogens (tertiary/aromatic N) is 2. The zero-order valence-corrected chi connectivity index (χ0v) is 22.0. The summed E-state index contributed by atoms with van der Waals surface area (Å²) in [6, 6.07) is 16.2. The molecule has 1 N–H and O–H groups in total. The summed E-state index contributed by atoms with van der Waals surface area (Å²) < 4.78 is 6.81. The number of carbonyl (C=O) groups is 1. The average molecular weight is 499 g/mol. The van der Waals surface area contributed by atoms with Crippen LogP contribution in [0.2, 0.25) is 0 Å². The van der Waals surface area contributed by atoms with E-state index >= 15 is 0 Å². The van der Waals surface area contributed by atoms with Crippen LogP contribution in [0.4, 0.5) is 0 Å². The third kappa shape index (κ3) is 3.62. The lowest BCUT2D eigenvalue weighted by atomic mass is 9.48. The van der Waals surface area contributed by atoms with Crippen LogP contribution in [0, 0.1) is 5.92 Å². The molecule has 2 bridgehead atoms. The van der Waals surface area contributed by atoms with Crippen LogP contribution in [-0.2, 0) is 16.6 Å². The van der Waals surface area contributed by atoms with E-state index in [0.717, 1.165) is 43.7 Å². The Kier molecular flexibility index (Phi) is 6.04. The van der Waals surface area contributed by atoms with Crippen molar-refractivity contribution in [1.82, 2.24) is 9.80 Å². The quantitative estimate of drug-likeness (QED) is 0.448. The fourth-order valence-corrected chi connectivity index (χ4v) is 7.89. The van der Waals surface area contributed by atoms with E-state index in [0.29, 0.717) is 18.9 Å². The van der Waals surface area contributed by atoms with Gasteiger partial charge in [0.2, 0.25) is 5.91 Å². The second kappa shape index (κ2) is 9.14. The Bertz CT molecular complexity index is 1220. The number of likely N-dealkylation sites (tertiary alicyclic amines) is 1. The normalized spacial score (nSPS) is 31.7. The molecule has 1 saturated carbocycles. The largest absolute Gasteiger partial charge is 0.487 e. The molecule has 1 amide bonds. The third-order valence-electron chi connectivity index (χ3n) is 9.27. The highest BCUT2D eigenvalue weighted by Gasteiger charge is 2.73. The molecule has 5 heteroatoms. The third-order valence-corrected chi connectivity index (χ3v) is 9.27. The maximum Gasteiger partial charge on any atom is 0.246 e. The van der Waals surface area contributed by atoms with Crippen LogP contribution in [0.1, 0.15) is 49.8 Å². The van der Waals surface area contributed by atoms with Gasteiger partial charge in [-0.1, -0.05) is 62.4 Å². The highest BCUT2D eigenvalue weighted by molar-refractivity contribution is 5.92. The topological polar surface area (TPSA) is 53.0 Å². The number of rotatable bonds is 7. The first-order chi connectivity index (χ1) is 17.9. The first-order valence-corrected chi connectivity index (χ1v) is 13.8. The van der Waals surface area contributed by atoms with Crippen LogP contribution < -0.4 is 4.74 Å². The van der Waals surface area contributed by atoms with Crippen molar-refractivity contribution >= 4 is 12.0 Å². The number of carbonyl (C=O) groups excluding carboxylic acids is 1. The second-order valence-corrected chi connectivity index (χ2v) is 11.7. The van der Waals surface area contributed by atoms with E-state index in [1.807, 2.05) is 47.4 Å². The molecule has 0 aromatic heterocycles. The fraction of sp³-hybridized carbons (Fsp3) is 0.469. The standard InChI is InChI=1S/C32H38N2O3/c1-4-18-33-19-17-31-29-24-11-8-12-26(29)37-30(31)25(15-16-32(31,36)27(33)20-24)34(21-22(2)3)28(35)14-13-23-9-6-5-7-10-23/h4-14,22,25,27,30,36H,1,15-21H2,2-3H3/t25-,27+,30-,31-,32+/m0/s1. The predicted molar refractivity (Wildman–Crippen MR) is 146 cm³/mol. The maximum absolute atomic E-state index is 13.8. The van der Waals surface area contributed by atoms with E-state index in [1.165, 1.54) is 11.1 Å². The van der Waals surface area contributed by atoms with Gasteiger partial charge in [-0.25, -0.2) is 0 Å². The molecule has 2 fully saturated rings. The Labute approximate surface area is 220 Å². The molecule has 37 heavy (non-hydrogen) atoms. The molecule has 0 radical (unpaired) electrons. The highest BCUT2D eigenvalue weighted by atomic mass is 16.5. The summed E-state index contributed by atoms with van der Waals surface area (Å²) >= 11 is 0. The Hall–Kier alpha value is -2.89. The second-order valence-electron chi connectivity index (χ2n) is 11.7. The molecule has 0 unspecified atom stereocenters. The molecule has 2 aliphatic heterocycles. The zero-order valence-electron chi connectivity index (χ0n) is 22.0. The average Bonchev–Trinajstić information content (AvgIpc) is 3.23. The summed E-state index contributed by atoms with van der Waals surface area (Å²) in [5.74, 6) is 1.24. The lowest BCUT2D eigenvalue weighted by Crippen LogP contribution is -2.78. The van der Waals surface area contributed by atoms with Gasteiger partial charge in [-0.05, 0) is 61.4 Å². The summed E-state index contributed by atoms with van der Waals surface area (Å²) in [4.78, 5) is 18.2. The van der Waals surface area contributed by atoms with Gasteiger partial charge in [-0.2, -0.15) is 0 Å². The van der Waals surface area contributed by atoms with E-state index in [4.69, 9.17) is 4.74 Å². The lowest BCUT2D eigenvalue weighted by molar-refractivity contribution is -0.199. The van der Waals surface area contributed by atoms with Crippen LogP contribution >= 0.6 is 0 Å². The van der Waals surface area contributed by atoms with Crippen molar-refractivity contribution in [1.29, 1.82) is 0 Å². The number of piperidine rings is 1. The number of hydrogen-bond acceptors (Lipinski definition) is 4. The van der Waals surface area contributed by atoms with Crippen molar-refractivity contribution in [2.24, 2.45) is 5.92 Å². The highest BCUT2D eigenvalue weighted by Crippen LogP contribution is 2.64. The van der Waals surface area contributed by atoms with Crippen molar-refractivity contribution in [3.63, 3.8) is 0 Å². The summed E-state index contributed by atoms with van der Waals surface area (Å²) in [5.41, 5.74) is 2.12. The molecular weight excluding hydrogens is 460 g/mol. The van der Waals surface area contributed by atoms with Gasteiger partial charge in [0, 0.05) is 30.8 Å². The monoisotopic (exact) mass is 498 g/mol. The summed E-state index contributed by atoms with van der Waals surface area (Å²) in [7, 11) is 0. The first kappa shape index (κ1) is 24.4. The summed E-state index contributed by atoms with van der Waals surface area (Å²) in [6.45, 7) is 10.6. The molecule has 6 rings (SSSR count).